The Morgan fingerprint density at radius 2 is 1.94 bits per heavy atom. The van der Waals surface area contributed by atoms with Gasteiger partial charge in [0.1, 0.15) is 0 Å². The number of aliphatic hydroxyl groups excluding tert-OH is 1. The van der Waals surface area contributed by atoms with Crippen molar-refractivity contribution in [2.75, 3.05) is 36.0 Å². The number of anilines is 3. The molecule has 2 aromatic carbocycles. The summed E-state index contributed by atoms with van der Waals surface area (Å²) in [6.07, 6.45) is 3.97. The molecule has 4 rings (SSSR count). The van der Waals surface area contributed by atoms with E-state index in [2.05, 4.69) is 5.32 Å². The highest BCUT2D eigenvalue weighted by atomic mass is 16.3. The normalized spacial score (nSPS) is 22.3. The predicted octanol–water partition coefficient (Wildman–Crippen LogP) is 2.06. The Balaban J connectivity index is 1.83. The van der Waals surface area contributed by atoms with Crippen molar-refractivity contribution in [3.63, 3.8) is 0 Å². The molecule has 0 aromatic heterocycles. The van der Waals surface area contributed by atoms with Crippen LogP contribution in [-0.4, -0.2) is 48.3 Å². The molecule has 3 N–H and O–H groups in total. The number of hydrogen-bond donors (Lipinski definition) is 3. The number of nitrogens with one attached hydrogen (secondary N) is 1. The second-order valence-electron chi connectivity index (χ2n) is 7.90. The fourth-order valence-corrected chi connectivity index (χ4v) is 4.25. The molecule has 0 unspecified atom stereocenters. The number of benzene rings is 2. The summed E-state index contributed by atoms with van der Waals surface area (Å²) in [7, 11) is 0. The van der Waals surface area contributed by atoms with Gasteiger partial charge in [-0.3, -0.25) is 14.5 Å². The van der Waals surface area contributed by atoms with Crippen molar-refractivity contribution in [2.45, 2.75) is 18.9 Å². The number of carbonyl (C=O) groups excluding carboxylic acids is 2. The Kier molecular flexibility index (Phi) is 5.91. The van der Waals surface area contributed by atoms with Gasteiger partial charge in [-0.1, -0.05) is 37.3 Å². The maximum absolute atomic E-state index is 13.6. The maximum atomic E-state index is 13.6. The average molecular weight is 421 g/mol. The van der Waals surface area contributed by atoms with E-state index in [0.717, 1.165) is 0 Å². The van der Waals surface area contributed by atoms with Crippen molar-refractivity contribution >= 4 is 28.9 Å². The third-order valence-corrected chi connectivity index (χ3v) is 5.96. The first kappa shape index (κ1) is 21.2. The molecule has 162 valence electrons. The van der Waals surface area contributed by atoms with Crippen LogP contribution in [0.4, 0.5) is 17.1 Å². The molecule has 1 fully saturated rings. The molecule has 2 aliphatic rings. The van der Waals surface area contributed by atoms with Crippen molar-refractivity contribution in [3.8, 4) is 0 Å². The molecule has 2 atom stereocenters. The number of aliphatic hydroxyl groups is 2. The van der Waals surface area contributed by atoms with Crippen molar-refractivity contribution in [1.29, 1.82) is 0 Å². The van der Waals surface area contributed by atoms with Gasteiger partial charge < -0.3 is 20.4 Å². The summed E-state index contributed by atoms with van der Waals surface area (Å²) in [6.45, 7) is 3.25. The van der Waals surface area contributed by atoms with Gasteiger partial charge in [-0.25, -0.2) is 0 Å². The lowest BCUT2D eigenvalue weighted by atomic mass is 9.82. The van der Waals surface area contributed by atoms with Gasteiger partial charge in [-0.05, 0) is 36.8 Å². The lowest BCUT2D eigenvalue weighted by molar-refractivity contribution is -0.138. The summed E-state index contributed by atoms with van der Waals surface area (Å²) in [4.78, 5) is 29.2. The number of hydrogen-bond acceptors (Lipinski definition) is 5. The number of nitrogens with zero attached hydrogens (tertiary/aromatic N) is 2. The summed E-state index contributed by atoms with van der Waals surface area (Å²) in [5.74, 6) is -1.01. The SMILES string of the molecule is C[C@@H](/C=C/CCO)[C@]1(O)C(=O)N(c2ccccc2)c2ccc(N3CCNCC3=O)cc21. The molecule has 0 aliphatic carbocycles. The van der Waals surface area contributed by atoms with Crippen LogP contribution in [0.3, 0.4) is 0 Å². The molecule has 2 aromatic rings. The van der Waals surface area contributed by atoms with Gasteiger partial charge in [0, 0.05) is 42.6 Å². The van der Waals surface area contributed by atoms with E-state index < -0.39 is 17.4 Å². The molecule has 7 nitrogen and oxygen atoms in total. The van der Waals surface area contributed by atoms with Crippen molar-refractivity contribution in [1.82, 2.24) is 5.32 Å². The fourth-order valence-electron chi connectivity index (χ4n) is 4.25. The standard InChI is InChI=1S/C24H27N3O4/c1-17(7-5-6-14-28)24(31)20-15-19(26-13-12-25-16-22(26)29)10-11-21(20)27(23(24)30)18-8-3-2-4-9-18/h2-5,7-11,15,17,25,28,31H,6,12-14,16H2,1H3/b7-5+/t17-,24+/m0/s1. The number of fused-ring (bicyclic) bond motifs is 1. The first-order chi connectivity index (χ1) is 15.0. The van der Waals surface area contributed by atoms with Crippen LogP contribution in [0, 0.1) is 5.92 Å². The van der Waals surface area contributed by atoms with Crippen molar-refractivity contribution < 1.29 is 19.8 Å². The van der Waals surface area contributed by atoms with Crippen LogP contribution in [0.15, 0.2) is 60.7 Å². The minimum atomic E-state index is -1.79. The summed E-state index contributed by atoms with van der Waals surface area (Å²) < 4.78 is 0. The van der Waals surface area contributed by atoms with Crippen LogP contribution < -0.4 is 15.1 Å². The Hall–Kier alpha value is -3.00. The number of amides is 2. The van der Waals surface area contributed by atoms with Gasteiger partial charge in [-0.15, -0.1) is 0 Å². The molecule has 7 heteroatoms. The van der Waals surface area contributed by atoms with Crippen molar-refractivity contribution in [3.05, 3.63) is 66.2 Å². The Morgan fingerprint density at radius 1 is 1.16 bits per heavy atom. The first-order valence-electron chi connectivity index (χ1n) is 10.5. The maximum Gasteiger partial charge on any atom is 0.268 e. The minimum Gasteiger partial charge on any atom is -0.396 e. The highest BCUT2D eigenvalue weighted by Crippen LogP contribution is 2.49. The van der Waals surface area contributed by atoms with E-state index in [0.29, 0.717) is 42.1 Å². The zero-order chi connectivity index (χ0) is 22.0. The van der Waals surface area contributed by atoms with Gasteiger partial charge in [0.05, 0.1) is 12.2 Å². The smallest absolute Gasteiger partial charge is 0.268 e. The van der Waals surface area contributed by atoms with E-state index in [1.165, 1.54) is 4.90 Å². The van der Waals surface area contributed by atoms with Crippen LogP contribution >= 0.6 is 0 Å². The number of carbonyl (C=O) groups is 2. The largest absolute Gasteiger partial charge is 0.396 e. The molecule has 2 heterocycles. The monoisotopic (exact) mass is 421 g/mol. The van der Waals surface area contributed by atoms with E-state index >= 15 is 0 Å². The summed E-state index contributed by atoms with van der Waals surface area (Å²) >= 11 is 0. The van der Waals surface area contributed by atoms with Gasteiger partial charge in [0.15, 0.2) is 5.60 Å². The Labute approximate surface area is 181 Å². The molecule has 2 aliphatic heterocycles. The van der Waals surface area contributed by atoms with Gasteiger partial charge in [0.2, 0.25) is 5.91 Å². The van der Waals surface area contributed by atoms with Crippen LogP contribution in [0.2, 0.25) is 0 Å². The van der Waals surface area contributed by atoms with E-state index in [9.17, 15) is 14.7 Å². The lowest BCUT2D eigenvalue weighted by Crippen LogP contribution is -2.48. The van der Waals surface area contributed by atoms with Crippen LogP contribution in [0.5, 0.6) is 0 Å². The van der Waals surface area contributed by atoms with Crippen LogP contribution in [-0.2, 0) is 15.2 Å². The van der Waals surface area contributed by atoms with E-state index in [1.54, 1.807) is 36.1 Å². The topological polar surface area (TPSA) is 93.1 Å². The van der Waals surface area contributed by atoms with Crippen LogP contribution in [0.25, 0.3) is 0 Å². The molecule has 31 heavy (non-hydrogen) atoms. The highest BCUT2D eigenvalue weighted by molar-refractivity contribution is 6.12. The van der Waals surface area contributed by atoms with Crippen molar-refractivity contribution in [2.24, 2.45) is 5.92 Å². The third-order valence-electron chi connectivity index (χ3n) is 5.96. The number of piperazine rings is 1. The molecule has 0 saturated carbocycles. The minimum absolute atomic E-state index is 0.00240. The average Bonchev–Trinajstić information content (AvgIpc) is 3.02. The molecule has 2 amide bonds. The second kappa shape index (κ2) is 8.63. The molecule has 1 saturated heterocycles. The first-order valence-corrected chi connectivity index (χ1v) is 10.5. The highest BCUT2D eigenvalue weighted by Gasteiger charge is 2.53. The summed E-state index contributed by atoms with van der Waals surface area (Å²) in [5, 5.41) is 23.9. The lowest BCUT2D eigenvalue weighted by Gasteiger charge is -2.30. The van der Waals surface area contributed by atoms with Gasteiger partial charge >= 0.3 is 0 Å². The number of rotatable bonds is 6. The fraction of sp³-hybridized carbons (Fsp3) is 0.333. The number of para-hydroxylation sites is 1. The van der Waals surface area contributed by atoms with E-state index in [-0.39, 0.29) is 19.1 Å². The zero-order valence-corrected chi connectivity index (χ0v) is 17.5. The molecule has 0 bridgehead atoms. The third kappa shape index (κ3) is 3.65. The Bertz CT molecular complexity index is 1010. The predicted molar refractivity (Wildman–Crippen MR) is 119 cm³/mol. The zero-order valence-electron chi connectivity index (χ0n) is 17.5. The molecule has 0 spiro atoms. The van der Waals surface area contributed by atoms with E-state index in [1.807, 2.05) is 36.4 Å². The second-order valence-corrected chi connectivity index (χ2v) is 7.90. The molecule has 0 radical (unpaired) electrons. The summed E-state index contributed by atoms with van der Waals surface area (Å²) in [5.41, 5.74) is 0.628. The quantitative estimate of drug-likeness (QED) is 0.621. The molecular formula is C24H27N3O4. The van der Waals surface area contributed by atoms with Gasteiger partial charge in [0.25, 0.3) is 5.91 Å². The molecular weight excluding hydrogens is 394 g/mol. The van der Waals surface area contributed by atoms with E-state index in [4.69, 9.17) is 5.11 Å². The summed E-state index contributed by atoms with van der Waals surface area (Å²) in [6, 6.07) is 14.6. The van der Waals surface area contributed by atoms with Crippen LogP contribution in [0.1, 0.15) is 18.9 Å². The van der Waals surface area contributed by atoms with Gasteiger partial charge in [-0.2, -0.15) is 0 Å². The Morgan fingerprint density at radius 3 is 2.65 bits per heavy atom.